The summed E-state index contributed by atoms with van der Waals surface area (Å²) in [4.78, 5) is 25.5. The number of ketones is 1. The van der Waals surface area contributed by atoms with Gasteiger partial charge >= 0.3 is 0 Å². The number of aryl methyl sites for hydroxylation is 1. The molecule has 1 amide bonds. The van der Waals surface area contributed by atoms with Crippen LogP contribution >= 0.6 is 22.9 Å². The molecule has 0 radical (unpaired) electrons. The second kappa shape index (κ2) is 7.05. The molecule has 0 aliphatic heterocycles. The van der Waals surface area contributed by atoms with Gasteiger partial charge in [-0.2, -0.15) is 0 Å². The molecule has 0 aliphatic carbocycles. The minimum absolute atomic E-state index is 0.0510. The number of halogens is 1. The fourth-order valence-corrected chi connectivity index (χ4v) is 3.23. The van der Waals surface area contributed by atoms with Gasteiger partial charge in [0.2, 0.25) is 0 Å². The molecule has 0 fully saturated rings. The second-order valence-electron chi connectivity index (χ2n) is 4.80. The van der Waals surface area contributed by atoms with Crippen molar-refractivity contribution in [1.29, 1.82) is 0 Å². The Balaban J connectivity index is 2.38. The molecule has 0 unspecified atom stereocenters. The monoisotopic (exact) mass is 337 g/mol. The van der Waals surface area contributed by atoms with Crippen molar-refractivity contribution >= 4 is 39.6 Å². The molecule has 4 nitrogen and oxygen atoms in total. The quantitative estimate of drug-likeness (QED) is 0.843. The maximum atomic E-state index is 12.7. The number of rotatable bonds is 5. The van der Waals surface area contributed by atoms with Crippen molar-refractivity contribution in [3.8, 4) is 0 Å². The minimum Gasteiger partial charge on any atom is -0.375 e. The number of hydrogen-bond donors (Lipinski definition) is 1. The molecule has 1 N–H and O–H groups in total. The first-order chi connectivity index (χ1) is 10.4. The summed E-state index contributed by atoms with van der Waals surface area (Å²) in [6.07, 6.45) is 0. The largest absolute Gasteiger partial charge is 0.375 e. The molecule has 1 aromatic heterocycles. The van der Waals surface area contributed by atoms with E-state index >= 15 is 0 Å². The summed E-state index contributed by atoms with van der Waals surface area (Å²) >= 11 is 7.24. The maximum Gasteiger partial charge on any atom is 0.250 e. The first kappa shape index (κ1) is 16.7. The minimum atomic E-state index is -0.283. The summed E-state index contributed by atoms with van der Waals surface area (Å²) in [5, 5.41) is 3.87. The van der Waals surface area contributed by atoms with Crippen molar-refractivity contribution in [2.75, 3.05) is 19.0 Å². The topological polar surface area (TPSA) is 55.4 Å². The molecule has 0 saturated heterocycles. The number of methoxy groups -OCH3 is 1. The zero-order valence-corrected chi connectivity index (χ0v) is 14.1. The van der Waals surface area contributed by atoms with E-state index in [4.69, 9.17) is 16.3 Å². The predicted molar refractivity (Wildman–Crippen MR) is 89.2 cm³/mol. The van der Waals surface area contributed by atoms with Crippen LogP contribution < -0.4 is 5.32 Å². The van der Waals surface area contributed by atoms with Crippen LogP contribution in [0.4, 0.5) is 5.00 Å². The third-order valence-corrected chi connectivity index (χ3v) is 4.62. The lowest BCUT2D eigenvalue weighted by Crippen LogP contribution is -2.18. The van der Waals surface area contributed by atoms with Crippen LogP contribution in [-0.4, -0.2) is 25.4 Å². The Hall–Kier alpha value is -1.69. The molecule has 22 heavy (non-hydrogen) atoms. The molecule has 0 spiro atoms. The van der Waals surface area contributed by atoms with Gasteiger partial charge in [-0.1, -0.05) is 11.6 Å². The van der Waals surface area contributed by atoms with Crippen molar-refractivity contribution in [3.63, 3.8) is 0 Å². The molecule has 2 aromatic rings. The lowest BCUT2D eigenvalue weighted by atomic mass is 10.0. The number of thiophene rings is 1. The summed E-state index contributed by atoms with van der Waals surface area (Å²) in [5.41, 5.74) is 1.93. The Morgan fingerprint density at radius 2 is 1.86 bits per heavy atom. The fourth-order valence-electron chi connectivity index (χ4n) is 2.03. The lowest BCUT2D eigenvalue weighted by Gasteiger charge is -2.07. The Morgan fingerprint density at radius 1 is 1.23 bits per heavy atom. The van der Waals surface area contributed by atoms with E-state index in [1.807, 2.05) is 13.8 Å². The highest BCUT2D eigenvalue weighted by atomic mass is 35.5. The van der Waals surface area contributed by atoms with Gasteiger partial charge in [-0.25, -0.2) is 0 Å². The van der Waals surface area contributed by atoms with E-state index in [-0.39, 0.29) is 18.3 Å². The summed E-state index contributed by atoms with van der Waals surface area (Å²) in [7, 11) is 1.45. The van der Waals surface area contributed by atoms with E-state index in [1.54, 1.807) is 24.3 Å². The number of benzene rings is 1. The zero-order valence-electron chi connectivity index (χ0n) is 12.5. The smallest absolute Gasteiger partial charge is 0.250 e. The molecule has 6 heteroatoms. The van der Waals surface area contributed by atoms with Gasteiger partial charge in [-0.15, -0.1) is 11.3 Å². The van der Waals surface area contributed by atoms with Gasteiger partial charge in [0.05, 0.1) is 5.56 Å². The fraction of sp³-hybridized carbons (Fsp3) is 0.250. The number of anilines is 1. The molecule has 116 valence electrons. The van der Waals surface area contributed by atoms with E-state index in [0.717, 1.165) is 10.4 Å². The summed E-state index contributed by atoms with van der Waals surface area (Å²) in [6, 6.07) is 6.70. The molecular weight excluding hydrogens is 322 g/mol. The van der Waals surface area contributed by atoms with Gasteiger partial charge in [-0.05, 0) is 43.7 Å². The van der Waals surface area contributed by atoms with E-state index in [9.17, 15) is 9.59 Å². The lowest BCUT2D eigenvalue weighted by molar-refractivity contribution is -0.119. The summed E-state index contributed by atoms with van der Waals surface area (Å²) in [5.74, 6) is -0.417. The van der Waals surface area contributed by atoms with Crippen LogP contribution in [0.2, 0.25) is 5.02 Å². The van der Waals surface area contributed by atoms with E-state index in [0.29, 0.717) is 21.2 Å². The van der Waals surface area contributed by atoms with Gasteiger partial charge in [-0.3, -0.25) is 9.59 Å². The molecule has 0 atom stereocenters. The van der Waals surface area contributed by atoms with Crippen molar-refractivity contribution < 1.29 is 14.3 Å². The molecule has 0 bridgehead atoms. The molecule has 2 rings (SSSR count). The maximum absolute atomic E-state index is 12.7. The van der Waals surface area contributed by atoms with Crippen LogP contribution in [0.5, 0.6) is 0 Å². The Kier molecular flexibility index (Phi) is 5.34. The molecular formula is C16H16ClNO3S. The van der Waals surface area contributed by atoms with Gasteiger partial charge in [0.1, 0.15) is 11.6 Å². The average Bonchev–Trinajstić information content (AvgIpc) is 2.74. The average molecular weight is 338 g/mol. The summed E-state index contributed by atoms with van der Waals surface area (Å²) < 4.78 is 4.80. The number of ether oxygens (including phenoxy) is 1. The Labute approximate surface area is 138 Å². The summed E-state index contributed by atoms with van der Waals surface area (Å²) in [6.45, 7) is 3.75. The van der Waals surface area contributed by atoms with Gasteiger partial charge < -0.3 is 10.1 Å². The third kappa shape index (κ3) is 3.55. The number of amides is 1. The number of carbonyl (C=O) groups is 2. The second-order valence-corrected chi connectivity index (χ2v) is 6.47. The first-order valence-electron chi connectivity index (χ1n) is 6.63. The third-order valence-electron chi connectivity index (χ3n) is 3.25. The van der Waals surface area contributed by atoms with Crippen molar-refractivity contribution in [2.24, 2.45) is 0 Å². The highest BCUT2D eigenvalue weighted by molar-refractivity contribution is 7.16. The van der Waals surface area contributed by atoms with Crippen LogP contribution in [0.1, 0.15) is 26.4 Å². The van der Waals surface area contributed by atoms with Crippen molar-refractivity contribution in [3.05, 3.63) is 50.9 Å². The van der Waals surface area contributed by atoms with Crippen LogP contribution in [0.15, 0.2) is 24.3 Å². The predicted octanol–water partition coefficient (Wildman–Crippen LogP) is 3.83. The Morgan fingerprint density at radius 3 is 2.45 bits per heavy atom. The van der Waals surface area contributed by atoms with Gasteiger partial charge in [0.15, 0.2) is 5.78 Å². The Bertz CT molecular complexity index is 707. The molecule has 0 saturated carbocycles. The van der Waals surface area contributed by atoms with Crippen LogP contribution in [0.25, 0.3) is 0 Å². The van der Waals surface area contributed by atoms with Crippen molar-refractivity contribution in [2.45, 2.75) is 13.8 Å². The van der Waals surface area contributed by atoms with E-state index in [1.165, 1.54) is 18.4 Å². The molecule has 0 aliphatic rings. The molecule has 1 aromatic carbocycles. The highest BCUT2D eigenvalue weighted by Gasteiger charge is 2.22. The molecule has 1 heterocycles. The zero-order chi connectivity index (χ0) is 16.3. The van der Waals surface area contributed by atoms with Crippen LogP contribution in [0.3, 0.4) is 0 Å². The van der Waals surface area contributed by atoms with Crippen molar-refractivity contribution in [1.82, 2.24) is 0 Å². The first-order valence-corrected chi connectivity index (χ1v) is 7.82. The van der Waals surface area contributed by atoms with E-state index < -0.39 is 0 Å². The van der Waals surface area contributed by atoms with Crippen LogP contribution in [-0.2, 0) is 9.53 Å². The van der Waals surface area contributed by atoms with E-state index in [2.05, 4.69) is 5.32 Å². The standard InChI is InChI=1S/C16H16ClNO3S/c1-9-10(2)22-16(18-13(19)8-21-3)14(9)15(20)11-4-6-12(17)7-5-11/h4-7H,8H2,1-3H3,(H,18,19). The normalized spacial score (nSPS) is 10.5. The number of nitrogens with one attached hydrogen (secondary N) is 1. The SMILES string of the molecule is COCC(=O)Nc1sc(C)c(C)c1C(=O)c1ccc(Cl)cc1. The highest BCUT2D eigenvalue weighted by Crippen LogP contribution is 2.34. The van der Waals surface area contributed by atoms with Gasteiger partial charge in [0.25, 0.3) is 5.91 Å². The number of carbonyl (C=O) groups excluding carboxylic acids is 2. The van der Waals surface area contributed by atoms with Gasteiger partial charge in [0, 0.05) is 22.6 Å². The number of hydrogen-bond acceptors (Lipinski definition) is 4. The van der Waals surface area contributed by atoms with Crippen LogP contribution in [0, 0.1) is 13.8 Å².